The van der Waals surface area contributed by atoms with Gasteiger partial charge in [-0.1, -0.05) is 0 Å². The summed E-state index contributed by atoms with van der Waals surface area (Å²) in [5.74, 6) is 0. The van der Waals surface area contributed by atoms with Crippen LogP contribution >= 0.6 is 0 Å². The van der Waals surface area contributed by atoms with E-state index in [2.05, 4.69) is 0 Å². The van der Waals surface area contributed by atoms with Crippen molar-refractivity contribution < 1.29 is 23.8 Å². The van der Waals surface area contributed by atoms with Crippen molar-refractivity contribution in [2.45, 2.75) is 51.9 Å². The van der Waals surface area contributed by atoms with Crippen LogP contribution in [0.15, 0.2) is 0 Å². The van der Waals surface area contributed by atoms with Gasteiger partial charge in [-0.25, -0.2) is 0 Å². The molecule has 1 N–H and O–H groups in total. The van der Waals surface area contributed by atoms with Crippen LogP contribution in [-0.4, -0.2) is 49.6 Å². The van der Waals surface area contributed by atoms with Gasteiger partial charge >= 0.3 is 7.32 Å². The zero-order valence-corrected chi connectivity index (χ0v) is 11.4. The average molecular weight is 246 g/mol. The monoisotopic (exact) mass is 246 g/mol. The van der Waals surface area contributed by atoms with Crippen molar-refractivity contribution in [2.24, 2.45) is 0 Å². The molecule has 1 rings (SSSR count). The van der Waals surface area contributed by atoms with E-state index in [-0.39, 0.29) is 12.7 Å². The summed E-state index contributed by atoms with van der Waals surface area (Å²) in [4.78, 5) is 0. The van der Waals surface area contributed by atoms with Gasteiger partial charge in [-0.3, -0.25) is 0 Å². The minimum absolute atomic E-state index is 0.00326. The van der Waals surface area contributed by atoms with Crippen LogP contribution in [0.3, 0.4) is 0 Å². The lowest BCUT2D eigenvalue weighted by Gasteiger charge is -2.35. The molecule has 0 bridgehead atoms. The van der Waals surface area contributed by atoms with Crippen molar-refractivity contribution in [3.63, 3.8) is 0 Å². The molecule has 0 aromatic carbocycles. The summed E-state index contributed by atoms with van der Waals surface area (Å²) >= 11 is 0. The summed E-state index contributed by atoms with van der Waals surface area (Å²) in [5, 5.41) is 8.70. The van der Waals surface area contributed by atoms with Crippen molar-refractivity contribution in [1.29, 1.82) is 0 Å². The molecule has 1 unspecified atom stereocenters. The maximum absolute atomic E-state index is 8.70. The third kappa shape index (κ3) is 3.66. The second kappa shape index (κ2) is 5.67. The van der Waals surface area contributed by atoms with Gasteiger partial charge in [0, 0.05) is 6.10 Å². The van der Waals surface area contributed by atoms with E-state index in [4.69, 9.17) is 23.8 Å². The molecule has 0 spiro atoms. The molecule has 100 valence electrons. The predicted octanol–water partition coefficient (Wildman–Crippen LogP) is 0.989. The Bertz CT molecular complexity index is 246. The molecular formula is C11H23BO5. The Kier molecular flexibility index (Phi) is 4.98. The molecule has 1 fully saturated rings. The number of aliphatic hydroxyl groups excluding tert-OH is 1. The number of hydrogen-bond donors (Lipinski definition) is 1. The molecule has 17 heavy (non-hydrogen) atoms. The van der Waals surface area contributed by atoms with Gasteiger partial charge in [0.1, 0.15) is 5.60 Å². The fourth-order valence-corrected chi connectivity index (χ4v) is 1.56. The Labute approximate surface area is 104 Å². The molecule has 1 heterocycles. The molecule has 5 nitrogen and oxygen atoms in total. The molecule has 1 aliphatic rings. The maximum Gasteiger partial charge on any atom is 0.640 e. The van der Waals surface area contributed by atoms with Crippen LogP contribution in [0.5, 0.6) is 0 Å². The topological polar surface area (TPSA) is 57.2 Å². The summed E-state index contributed by atoms with van der Waals surface area (Å²) in [6, 6.07) is 0. The first kappa shape index (κ1) is 14.9. The van der Waals surface area contributed by atoms with Crippen molar-refractivity contribution in [3.05, 3.63) is 0 Å². The Morgan fingerprint density at radius 3 is 2.41 bits per heavy atom. The zero-order valence-electron chi connectivity index (χ0n) is 11.4. The first-order valence-electron chi connectivity index (χ1n) is 6.00. The van der Waals surface area contributed by atoms with Gasteiger partial charge in [-0.2, -0.15) is 0 Å². The highest BCUT2D eigenvalue weighted by Gasteiger charge is 2.56. The van der Waals surface area contributed by atoms with E-state index in [0.29, 0.717) is 13.2 Å². The fraction of sp³-hybridized carbons (Fsp3) is 1.00. The van der Waals surface area contributed by atoms with Crippen LogP contribution in [0.25, 0.3) is 0 Å². The molecule has 0 aromatic heterocycles. The van der Waals surface area contributed by atoms with Crippen molar-refractivity contribution in [2.75, 3.05) is 19.8 Å². The molecule has 0 aromatic rings. The number of rotatable bonds is 6. The highest BCUT2D eigenvalue weighted by Crippen LogP contribution is 2.37. The van der Waals surface area contributed by atoms with Gasteiger partial charge in [0.15, 0.2) is 0 Å². The van der Waals surface area contributed by atoms with E-state index >= 15 is 0 Å². The molecule has 0 amide bonds. The molecule has 0 aliphatic carbocycles. The summed E-state index contributed by atoms with van der Waals surface area (Å²) in [6.07, 6.45) is 0.0384. The van der Waals surface area contributed by atoms with E-state index in [1.165, 1.54) is 0 Å². The quantitative estimate of drug-likeness (QED) is 0.559. The van der Waals surface area contributed by atoms with Crippen molar-refractivity contribution >= 4 is 7.32 Å². The maximum atomic E-state index is 8.70. The van der Waals surface area contributed by atoms with Gasteiger partial charge in [0.05, 0.1) is 25.4 Å². The van der Waals surface area contributed by atoms with Crippen LogP contribution in [0.2, 0.25) is 0 Å². The van der Waals surface area contributed by atoms with Crippen molar-refractivity contribution in [3.8, 4) is 0 Å². The lowest BCUT2D eigenvalue weighted by Crippen LogP contribution is -2.48. The van der Waals surface area contributed by atoms with E-state index in [9.17, 15) is 0 Å². The molecule has 1 atom stereocenters. The average Bonchev–Trinajstić information content (AvgIpc) is 2.36. The number of ether oxygens (including phenoxy) is 1. The summed E-state index contributed by atoms with van der Waals surface area (Å²) in [6.45, 7) is 10.3. The molecule has 1 saturated heterocycles. The van der Waals surface area contributed by atoms with E-state index in [0.717, 1.165) is 0 Å². The highest BCUT2D eigenvalue weighted by molar-refractivity contribution is 6.37. The molecule has 0 radical (unpaired) electrons. The van der Waals surface area contributed by atoms with Crippen LogP contribution in [0.1, 0.15) is 34.6 Å². The van der Waals surface area contributed by atoms with Gasteiger partial charge in [0.25, 0.3) is 0 Å². The van der Waals surface area contributed by atoms with Crippen LogP contribution in [0, 0.1) is 0 Å². The summed E-state index contributed by atoms with van der Waals surface area (Å²) < 4.78 is 22.3. The number of aliphatic hydroxyl groups is 1. The van der Waals surface area contributed by atoms with Crippen LogP contribution in [0.4, 0.5) is 0 Å². The van der Waals surface area contributed by atoms with E-state index in [1.54, 1.807) is 0 Å². The lowest BCUT2D eigenvalue weighted by molar-refractivity contribution is -0.0755. The molecular weight excluding hydrogens is 223 g/mol. The minimum Gasteiger partial charge on any atom is -0.394 e. The standard InChI is InChI=1S/C11H23BO5/c1-9(2)15-12-16-10(3,4)11(5,17-12)8-14-7-6-13/h9,13H,6-8H2,1-5H3. The first-order chi connectivity index (χ1) is 7.81. The highest BCUT2D eigenvalue weighted by atomic mass is 16.8. The molecule has 1 aliphatic heterocycles. The Morgan fingerprint density at radius 1 is 1.24 bits per heavy atom. The first-order valence-corrected chi connectivity index (χ1v) is 6.00. The zero-order chi connectivity index (χ0) is 13.1. The summed E-state index contributed by atoms with van der Waals surface area (Å²) in [5.41, 5.74) is -1.08. The third-order valence-corrected chi connectivity index (χ3v) is 3.02. The predicted molar refractivity (Wildman–Crippen MR) is 64.5 cm³/mol. The number of hydrogen-bond acceptors (Lipinski definition) is 5. The van der Waals surface area contributed by atoms with Gasteiger partial charge in [0.2, 0.25) is 0 Å². The Balaban J connectivity index is 2.58. The largest absolute Gasteiger partial charge is 0.640 e. The molecule has 0 saturated carbocycles. The second-order valence-electron chi connectivity index (χ2n) is 5.23. The van der Waals surface area contributed by atoms with Crippen molar-refractivity contribution in [1.82, 2.24) is 0 Å². The van der Waals surface area contributed by atoms with E-state index in [1.807, 2.05) is 34.6 Å². The second-order valence-corrected chi connectivity index (χ2v) is 5.23. The lowest BCUT2D eigenvalue weighted by atomic mass is 9.89. The summed E-state index contributed by atoms with van der Waals surface area (Å²) in [7, 11) is -0.660. The Hall–Kier alpha value is -0.135. The van der Waals surface area contributed by atoms with Gasteiger partial charge in [-0.05, 0) is 34.6 Å². The van der Waals surface area contributed by atoms with E-state index < -0.39 is 18.5 Å². The van der Waals surface area contributed by atoms with Crippen LogP contribution in [-0.2, 0) is 18.7 Å². The fourth-order valence-electron chi connectivity index (χ4n) is 1.56. The SMILES string of the molecule is CC(C)OB1OC(C)(C)C(C)(COCCO)O1. The normalized spacial score (nSPS) is 28.1. The molecule has 6 heteroatoms. The Morgan fingerprint density at radius 2 is 1.88 bits per heavy atom. The minimum atomic E-state index is -0.660. The van der Waals surface area contributed by atoms with Gasteiger partial charge < -0.3 is 23.8 Å². The van der Waals surface area contributed by atoms with Gasteiger partial charge in [-0.15, -0.1) is 0 Å². The third-order valence-electron chi connectivity index (χ3n) is 3.02. The smallest absolute Gasteiger partial charge is 0.394 e. The van der Waals surface area contributed by atoms with Crippen LogP contribution < -0.4 is 0 Å².